The van der Waals surface area contributed by atoms with E-state index >= 15 is 0 Å². The molecule has 0 saturated heterocycles. The van der Waals surface area contributed by atoms with E-state index in [1.54, 1.807) is 6.20 Å². The number of hydrogen-bond acceptors (Lipinski definition) is 1. The quantitative estimate of drug-likeness (QED) is 0.769. The first-order valence-corrected chi connectivity index (χ1v) is 6.01. The molecule has 0 heterocycles. The lowest BCUT2D eigenvalue weighted by Crippen LogP contribution is -1.82. The molecule has 1 aromatic rings. The molecular weight excluding hydrogens is 206 g/mol. The van der Waals surface area contributed by atoms with E-state index in [0.717, 1.165) is 12.0 Å². The smallest absolute Gasteiger partial charge is 0.00565 e. The third kappa shape index (κ3) is 4.31. The van der Waals surface area contributed by atoms with Gasteiger partial charge in [0.25, 0.3) is 0 Å². The highest BCUT2D eigenvalue weighted by atomic mass is 14.5. The third-order valence-electron chi connectivity index (χ3n) is 2.73. The summed E-state index contributed by atoms with van der Waals surface area (Å²) >= 11 is 0. The van der Waals surface area contributed by atoms with Gasteiger partial charge >= 0.3 is 0 Å². The first-order chi connectivity index (χ1) is 8.17. The number of allylic oxidation sites excluding steroid dienone is 4. The summed E-state index contributed by atoms with van der Waals surface area (Å²) in [5.41, 5.74) is 10.4. The van der Waals surface area contributed by atoms with E-state index in [4.69, 9.17) is 5.73 Å². The van der Waals surface area contributed by atoms with Crippen LogP contribution in [0.2, 0.25) is 0 Å². The second-order valence-corrected chi connectivity index (χ2v) is 4.15. The molecule has 1 rings (SSSR count). The molecule has 0 aromatic heterocycles. The lowest BCUT2D eigenvalue weighted by Gasteiger charge is -2.01. The molecule has 0 atom stereocenters. The van der Waals surface area contributed by atoms with E-state index in [-0.39, 0.29) is 0 Å². The van der Waals surface area contributed by atoms with Gasteiger partial charge in [0.15, 0.2) is 0 Å². The number of hydrogen-bond donors (Lipinski definition) is 1. The minimum atomic E-state index is 1.01. The van der Waals surface area contributed by atoms with Crippen molar-refractivity contribution in [3.8, 4) is 0 Å². The van der Waals surface area contributed by atoms with Crippen LogP contribution in [0.1, 0.15) is 30.0 Å². The fourth-order valence-electron chi connectivity index (χ4n) is 1.60. The Morgan fingerprint density at radius 1 is 1.18 bits per heavy atom. The van der Waals surface area contributed by atoms with Gasteiger partial charge in [-0.2, -0.15) is 0 Å². The molecule has 0 spiro atoms. The lowest BCUT2D eigenvalue weighted by molar-refractivity contribution is 1.21. The molecule has 0 aliphatic carbocycles. The molecule has 1 aromatic carbocycles. The zero-order valence-electron chi connectivity index (χ0n) is 10.9. The summed E-state index contributed by atoms with van der Waals surface area (Å²) in [6.07, 6.45) is 10.9. The Balaban J connectivity index is 2.88. The first kappa shape index (κ1) is 13.3. The van der Waals surface area contributed by atoms with Crippen LogP contribution in [0.4, 0.5) is 0 Å². The zero-order chi connectivity index (χ0) is 12.7. The monoisotopic (exact) mass is 227 g/mol. The van der Waals surface area contributed by atoms with Gasteiger partial charge in [-0.3, -0.25) is 0 Å². The second-order valence-electron chi connectivity index (χ2n) is 4.15. The highest BCUT2D eigenvalue weighted by Gasteiger charge is 1.93. The van der Waals surface area contributed by atoms with E-state index in [1.165, 1.54) is 16.7 Å². The van der Waals surface area contributed by atoms with Crippen LogP contribution in [-0.4, -0.2) is 0 Å². The van der Waals surface area contributed by atoms with Crippen LogP contribution in [0.15, 0.2) is 48.2 Å². The van der Waals surface area contributed by atoms with Gasteiger partial charge < -0.3 is 5.73 Å². The summed E-state index contributed by atoms with van der Waals surface area (Å²) in [5, 5.41) is 0. The zero-order valence-corrected chi connectivity index (χ0v) is 10.9. The average Bonchev–Trinajstić information content (AvgIpc) is 2.31. The van der Waals surface area contributed by atoms with Gasteiger partial charge in [-0.15, -0.1) is 0 Å². The van der Waals surface area contributed by atoms with Gasteiger partial charge in [-0.1, -0.05) is 43.4 Å². The van der Waals surface area contributed by atoms with Crippen LogP contribution < -0.4 is 5.73 Å². The number of nitrogens with two attached hydrogens (primary N) is 1. The van der Waals surface area contributed by atoms with Crippen LogP contribution in [0.3, 0.4) is 0 Å². The van der Waals surface area contributed by atoms with E-state index in [1.807, 2.05) is 6.08 Å². The summed E-state index contributed by atoms with van der Waals surface area (Å²) in [7, 11) is 0. The summed E-state index contributed by atoms with van der Waals surface area (Å²) in [4.78, 5) is 0. The molecule has 90 valence electrons. The molecule has 0 amide bonds. The molecule has 0 fully saturated rings. The van der Waals surface area contributed by atoms with Gasteiger partial charge in [-0.25, -0.2) is 0 Å². The van der Waals surface area contributed by atoms with Crippen LogP contribution in [0.25, 0.3) is 6.08 Å². The van der Waals surface area contributed by atoms with Crippen molar-refractivity contribution in [3.63, 3.8) is 0 Å². The Hall–Kier alpha value is -1.76. The highest BCUT2D eigenvalue weighted by Crippen LogP contribution is 2.12. The SMILES string of the molecule is CC/C=C(\C=C/N)/C=C/c1ccc(C)c(C)c1. The molecular formula is C16H21N. The normalized spacial score (nSPS) is 12.8. The van der Waals surface area contributed by atoms with Crippen LogP contribution in [0, 0.1) is 13.8 Å². The molecule has 0 bridgehead atoms. The fraction of sp³-hybridized carbons (Fsp3) is 0.250. The van der Waals surface area contributed by atoms with Gasteiger partial charge in [-0.05, 0) is 54.8 Å². The number of rotatable bonds is 4. The minimum absolute atomic E-state index is 1.01. The number of aryl methyl sites for hydroxylation is 2. The van der Waals surface area contributed by atoms with E-state index in [2.05, 4.69) is 57.2 Å². The standard InChI is InChI=1S/C16H21N/c1-4-5-15(10-11-17)8-9-16-7-6-13(2)14(3)12-16/h5-12H,4,17H2,1-3H3/b9-8+,11-10-,15-5-. The minimum Gasteiger partial charge on any atom is -0.405 e. The average molecular weight is 227 g/mol. The Labute approximate surface area is 104 Å². The Kier molecular flexibility index (Phi) is 5.28. The van der Waals surface area contributed by atoms with Crippen molar-refractivity contribution in [1.29, 1.82) is 0 Å². The van der Waals surface area contributed by atoms with Crippen molar-refractivity contribution in [1.82, 2.24) is 0 Å². The largest absolute Gasteiger partial charge is 0.405 e. The van der Waals surface area contributed by atoms with Crippen molar-refractivity contribution in [2.45, 2.75) is 27.2 Å². The molecule has 0 radical (unpaired) electrons. The van der Waals surface area contributed by atoms with E-state index in [9.17, 15) is 0 Å². The molecule has 17 heavy (non-hydrogen) atoms. The Morgan fingerprint density at radius 3 is 2.53 bits per heavy atom. The lowest BCUT2D eigenvalue weighted by atomic mass is 10.1. The summed E-state index contributed by atoms with van der Waals surface area (Å²) < 4.78 is 0. The molecule has 1 heteroatoms. The Bertz CT molecular complexity index is 451. The number of benzene rings is 1. The van der Waals surface area contributed by atoms with Crippen molar-refractivity contribution >= 4 is 6.08 Å². The van der Waals surface area contributed by atoms with Gasteiger partial charge in [0.05, 0.1) is 0 Å². The third-order valence-corrected chi connectivity index (χ3v) is 2.73. The maximum Gasteiger partial charge on any atom is -0.00565 e. The maximum atomic E-state index is 5.42. The molecule has 1 nitrogen and oxygen atoms in total. The van der Waals surface area contributed by atoms with Crippen molar-refractivity contribution in [2.75, 3.05) is 0 Å². The predicted molar refractivity (Wildman–Crippen MR) is 76.7 cm³/mol. The predicted octanol–water partition coefficient (Wildman–Crippen LogP) is 4.13. The topological polar surface area (TPSA) is 26.0 Å². The van der Waals surface area contributed by atoms with Gasteiger partial charge in [0, 0.05) is 0 Å². The van der Waals surface area contributed by atoms with Crippen LogP contribution >= 0.6 is 0 Å². The van der Waals surface area contributed by atoms with Crippen molar-refractivity contribution in [3.05, 3.63) is 64.9 Å². The molecule has 0 aliphatic rings. The molecule has 0 aliphatic heterocycles. The summed E-state index contributed by atoms with van der Waals surface area (Å²) in [5.74, 6) is 0. The molecule has 0 unspecified atom stereocenters. The van der Waals surface area contributed by atoms with Crippen LogP contribution in [-0.2, 0) is 0 Å². The van der Waals surface area contributed by atoms with Crippen molar-refractivity contribution in [2.24, 2.45) is 5.73 Å². The maximum absolute atomic E-state index is 5.42. The first-order valence-electron chi connectivity index (χ1n) is 6.01. The van der Waals surface area contributed by atoms with Crippen molar-refractivity contribution < 1.29 is 0 Å². The summed E-state index contributed by atoms with van der Waals surface area (Å²) in [6.45, 7) is 6.38. The van der Waals surface area contributed by atoms with Gasteiger partial charge in [0.2, 0.25) is 0 Å². The summed E-state index contributed by atoms with van der Waals surface area (Å²) in [6, 6.07) is 6.48. The fourth-order valence-corrected chi connectivity index (χ4v) is 1.60. The van der Waals surface area contributed by atoms with E-state index in [0.29, 0.717) is 0 Å². The van der Waals surface area contributed by atoms with Gasteiger partial charge in [0.1, 0.15) is 0 Å². The second kappa shape index (κ2) is 6.74. The molecule has 0 saturated carbocycles. The highest BCUT2D eigenvalue weighted by molar-refractivity contribution is 5.56. The van der Waals surface area contributed by atoms with Crippen LogP contribution in [0.5, 0.6) is 0 Å². The van der Waals surface area contributed by atoms with E-state index < -0.39 is 0 Å². The molecule has 2 N–H and O–H groups in total. The Morgan fingerprint density at radius 2 is 1.94 bits per heavy atom.